The Morgan fingerprint density at radius 1 is 1.10 bits per heavy atom. The maximum atomic E-state index is 12.6. The first-order valence-electron chi connectivity index (χ1n) is 9.56. The number of rotatable bonds is 5. The van der Waals surface area contributed by atoms with Crippen molar-refractivity contribution in [1.82, 2.24) is 9.29 Å². The van der Waals surface area contributed by atoms with Crippen molar-refractivity contribution >= 4 is 33.2 Å². The highest BCUT2D eigenvalue weighted by Gasteiger charge is 2.35. The number of benzene rings is 1. The van der Waals surface area contributed by atoms with Gasteiger partial charge in [0.05, 0.1) is 22.7 Å². The van der Waals surface area contributed by atoms with Crippen molar-refractivity contribution in [1.29, 1.82) is 0 Å². The molecule has 0 aliphatic carbocycles. The summed E-state index contributed by atoms with van der Waals surface area (Å²) in [5.74, 6) is -0.871. The van der Waals surface area contributed by atoms with Gasteiger partial charge >= 0.3 is 0 Å². The molecule has 2 saturated heterocycles. The van der Waals surface area contributed by atoms with Crippen molar-refractivity contribution < 1.29 is 18.0 Å². The first kappa shape index (κ1) is 19.5. The zero-order valence-corrected chi connectivity index (χ0v) is 16.6. The molecule has 3 heterocycles. The highest BCUT2D eigenvalue weighted by Crippen LogP contribution is 2.28. The summed E-state index contributed by atoms with van der Waals surface area (Å²) in [5.41, 5.74) is 1.17. The number of amides is 2. The zero-order chi connectivity index (χ0) is 20.4. The molecule has 0 radical (unpaired) electrons. The summed E-state index contributed by atoms with van der Waals surface area (Å²) in [5, 5.41) is 2.77. The first-order chi connectivity index (χ1) is 13.9. The Labute approximate surface area is 169 Å². The van der Waals surface area contributed by atoms with Crippen LogP contribution in [0.5, 0.6) is 0 Å². The van der Waals surface area contributed by atoms with Crippen LogP contribution in [0.25, 0.3) is 0 Å². The third-order valence-corrected chi connectivity index (χ3v) is 7.19. The number of carbonyl (C=O) groups excluding carboxylic acids is 2. The number of anilines is 2. The number of hydrogen-bond donors (Lipinski definition) is 1. The van der Waals surface area contributed by atoms with E-state index in [2.05, 4.69) is 10.3 Å². The molecule has 1 aromatic carbocycles. The van der Waals surface area contributed by atoms with Crippen LogP contribution in [0.2, 0.25) is 0 Å². The van der Waals surface area contributed by atoms with Crippen molar-refractivity contribution in [3.8, 4) is 0 Å². The second kappa shape index (κ2) is 7.92. The molecule has 2 aliphatic rings. The van der Waals surface area contributed by atoms with E-state index in [-0.39, 0.29) is 29.7 Å². The minimum atomic E-state index is -3.49. The summed E-state index contributed by atoms with van der Waals surface area (Å²) < 4.78 is 26.8. The fourth-order valence-corrected chi connectivity index (χ4v) is 5.21. The second-order valence-corrected chi connectivity index (χ2v) is 9.18. The average molecular weight is 414 g/mol. The van der Waals surface area contributed by atoms with Gasteiger partial charge in [0.15, 0.2) is 0 Å². The number of hydrogen-bond acceptors (Lipinski definition) is 5. The fourth-order valence-electron chi connectivity index (χ4n) is 3.69. The molecule has 0 spiro atoms. The van der Waals surface area contributed by atoms with E-state index in [4.69, 9.17) is 0 Å². The first-order valence-corrected chi connectivity index (χ1v) is 11.0. The Morgan fingerprint density at radius 3 is 2.48 bits per heavy atom. The molecule has 4 rings (SSSR count). The van der Waals surface area contributed by atoms with E-state index >= 15 is 0 Å². The van der Waals surface area contributed by atoms with Crippen LogP contribution in [0.15, 0.2) is 53.7 Å². The SMILES string of the molecule is O=C(Nc1cccnc1)C1CC(=O)N(c2ccc(S(=O)(=O)N3CCCC3)cc2)C1. The van der Waals surface area contributed by atoms with E-state index in [1.165, 1.54) is 21.3 Å². The van der Waals surface area contributed by atoms with Gasteiger partial charge in [-0.25, -0.2) is 8.42 Å². The molecule has 152 valence electrons. The quantitative estimate of drug-likeness (QED) is 0.805. The fraction of sp³-hybridized carbons (Fsp3) is 0.350. The molecule has 1 N–H and O–H groups in total. The lowest BCUT2D eigenvalue weighted by atomic mass is 10.1. The molecular formula is C20H22N4O4S. The molecule has 29 heavy (non-hydrogen) atoms. The number of aromatic nitrogens is 1. The van der Waals surface area contributed by atoms with E-state index in [1.54, 1.807) is 36.7 Å². The lowest BCUT2D eigenvalue weighted by molar-refractivity contribution is -0.122. The second-order valence-electron chi connectivity index (χ2n) is 7.24. The number of sulfonamides is 1. The lowest BCUT2D eigenvalue weighted by Gasteiger charge is -2.19. The van der Waals surface area contributed by atoms with Crippen LogP contribution in [0.3, 0.4) is 0 Å². The molecule has 1 aromatic heterocycles. The number of nitrogens with one attached hydrogen (secondary N) is 1. The van der Waals surface area contributed by atoms with Gasteiger partial charge in [-0.3, -0.25) is 14.6 Å². The van der Waals surface area contributed by atoms with Gasteiger partial charge in [-0.2, -0.15) is 4.31 Å². The van der Waals surface area contributed by atoms with Gasteiger partial charge < -0.3 is 10.2 Å². The van der Waals surface area contributed by atoms with Gasteiger partial charge in [-0.1, -0.05) is 0 Å². The van der Waals surface area contributed by atoms with Gasteiger partial charge in [0.25, 0.3) is 0 Å². The molecule has 0 bridgehead atoms. The Morgan fingerprint density at radius 2 is 1.83 bits per heavy atom. The molecule has 2 amide bonds. The molecule has 1 atom stereocenters. The van der Waals surface area contributed by atoms with E-state index in [1.807, 2.05) is 0 Å². The predicted octanol–water partition coefficient (Wildman–Crippen LogP) is 1.86. The molecule has 8 nitrogen and oxygen atoms in total. The highest BCUT2D eigenvalue weighted by molar-refractivity contribution is 7.89. The molecule has 2 aromatic rings. The van der Waals surface area contributed by atoms with Crippen LogP contribution in [0.1, 0.15) is 19.3 Å². The van der Waals surface area contributed by atoms with Gasteiger partial charge in [-0.15, -0.1) is 0 Å². The monoisotopic (exact) mass is 414 g/mol. The minimum absolute atomic E-state index is 0.111. The van der Waals surface area contributed by atoms with Crippen LogP contribution < -0.4 is 10.2 Å². The summed E-state index contributed by atoms with van der Waals surface area (Å²) >= 11 is 0. The van der Waals surface area contributed by atoms with Crippen LogP contribution >= 0.6 is 0 Å². The third kappa shape index (κ3) is 4.01. The number of pyridine rings is 1. The van der Waals surface area contributed by atoms with Crippen LogP contribution in [-0.2, 0) is 19.6 Å². The minimum Gasteiger partial charge on any atom is -0.324 e. The Kier molecular flexibility index (Phi) is 5.33. The summed E-state index contributed by atoms with van der Waals surface area (Å²) in [4.78, 5) is 30.6. The Balaban J connectivity index is 1.45. The molecule has 1 unspecified atom stereocenters. The van der Waals surface area contributed by atoms with E-state index in [0.717, 1.165) is 12.8 Å². The van der Waals surface area contributed by atoms with Crippen molar-refractivity contribution in [2.45, 2.75) is 24.2 Å². The summed E-state index contributed by atoms with van der Waals surface area (Å²) in [6.07, 6.45) is 5.03. The largest absolute Gasteiger partial charge is 0.324 e. The van der Waals surface area contributed by atoms with Gasteiger partial charge in [0.1, 0.15) is 0 Å². The van der Waals surface area contributed by atoms with Crippen molar-refractivity contribution in [2.24, 2.45) is 5.92 Å². The summed E-state index contributed by atoms with van der Waals surface area (Å²) in [6, 6.07) is 9.77. The van der Waals surface area contributed by atoms with Gasteiger partial charge in [0, 0.05) is 37.9 Å². The van der Waals surface area contributed by atoms with Crippen molar-refractivity contribution in [3.63, 3.8) is 0 Å². The molecule has 2 fully saturated rings. The van der Waals surface area contributed by atoms with E-state index < -0.39 is 15.9 Å². The maximum absolute atomic E-state index is 12.6. The zero-order valence-electron chi connectivity index (χ0n) is 15.8. The van der Waals surface area contributed by atoms with Gasteiger partial charge in [-0.05, 0) is 49.2 Å². The summed E-state index contributed by atoms with van der Waals surface area (Å²) in [6.45, 7) is 1.34. The maximum Gasteiger partial charge on any atom is 0.243 e. The number of nitrogens with zero attached hydrogens (tertiary/aromatic N) is 3. The van der Waals surface area contributed by atoms with Crippen molar-refractivity contribution in [2.75, 3.05) is 29.9 Å². The normalized spacial score (nSPS) is 20.2. The molecule has 9 heteroatoms. The van der Waals surface area contributed by atoms with Crippen LogP contribution in [0, 0.1) is 5.92 Å². The average Bonchev–Trinajstić information content (AvgIpc) is 3.39. The topological polar surface area (TPSA) is 99.7 Å². The van der Waals surface area contributed by atoms with E-state index in [9.17, 15) is 18.0 Å². The van der Waals surface area contributed by atoms with Gasteiger partial charge in [0.2, 0.25) is 21.8 Å². The predicted molar refractivity (Wildman–Crippen MR) is 108 cm³/mol. The summed E-state index contributed by atoms with van der Waals surface area (Å²) in [7, 11) is -3.49. The highest BCUT2D eigenvalue weighted by atomic mass is 32.2. The molecular weight excluding hydrogens is 392 g/mol. The molecule has 0 saturated carbocycles. The Hall–Kier alpha value is -2.78. The van der Waals surface area contributed by atoms with E-state index in [0.29, 0.717) is 24.5 Å². The Bertz CT molecular complexity index is 1000. The van der Waals surface area contributed by atoms with Crippen LogP contribution in [0.4, 0.5) is 11.4 Å². The third-order valence-electron chi connectivity index (χ3n) is 5.28. The smallest absolute Gasteiger partial charge is 0.243 e. The lowest BCUT2D eigenvalue weighted by Crippen LogP contribution is -2.29. The van der Waals surface area contributed by atoms with Crippen LogP contribution in [-0.4, -0.2) is 49.2 Å². The number of carbonyl (C=O) groups is 2. The van der Waals surface area contributed by atoms with Crippen molar-refractivity contribution in [3.05, 3.63) is 48.8 Å². The molecule has 2 aliphatic heterocycles. The standard InChI is InChI=1S/C20H22N4O4S/c25-19-12-15(20(26)22-16-4-3-9-21-13-16)14-24(19)17-5-7-18(8-6-17)29(27,28)23-10-1-2-11-23/h3-9,13,15H,1-2,10-12,14H2,(H,22,26).